The predicted molar refractivity (Wildman–Crippen MR) is 85.2 cm³/mol. The van der Waals surface area contributed by atoms with Crippen LogP contribution in [0.5, 0.6) is 0 Å². The van der Waals surface area contributed by atoms with E-state index in [9.17, 15) is 0 Å². The number of nitrogens with zero attached hydrogens (tertiary/aromatic N) is 1. The molecule has 0 amide bonds. The second kappa shape index (κ2) is 7.77. The van der Waals surface area contributed by atoms with Gasteiger partial charge in [0.05, 0.1) is 12.7 Å². The fourth-order valence-electron chi connectivity index (χ4n) is 3.54. The molecule has 0 aromatic rings. The van der Waals surface area contributed by atoms with Crippen LogP contribution in [-0.4, -0.2) is 48.8 Å². The molecule has 118 valence electrons. The van der Waals surface area contributed by atoms with Crippen LogP contribution in [0.15, 0.2) is 0 Å². The van der Waals surface area contributed by atoms with E-state index in [-0.39, 0.29) is 5.54 Å². The number of ether oxygens (including phenoxy) is 1. The molecule has 0 aromatic heterocycles. The highest BCUT2D eigenvalue weighted by molar-refractivity contribution is 4.89. The summed E-state index contributed by atoms with van der Waals surface area (Å²) in [6, 6.07) is 0.742. The number of fused-ring (bicyclic) bond motifs is 1. The lowest BCUT2D eigenvalue weighted by Gasteiger charge is -2.37. The van der Waals surface area contributed by atoms with Gasteiger partial charge in [-0.2, -0.15) is 0 Å². The minimum Gasteiger partial charge on any atom is -0.375 e. The van der Waals surface area contributed by atoms with Crippen LogP contribution >= 0.6 is 0 Å². The summed E-state index contributed by atoms with van der Waals surface area (Å²) in [5, 5.41) is 3.57. The molecule has 3 heteroatoms. The number of unbranched alkanes of at least 4 members (excludes halogenated alkanes) is 3. The predicted octanol–water partition coefficient (Wildman–Crippen LogP) is 3.19. The SMILES string of the molecule is CC(C)(C)NCCCCCCN1CCOC2CCCC21. The van der Waals surface area contributed by atoms with Gasteiger partial charge < -0.3 is 10.1 Å². The smallest absolute Gasteiger partial charge is 0.0730 e. The Hall–Kier alpha value is -0.120. The molecule has 1 aliphatic heterocycles. The van der Waals surface area contributed by atoms with Crippen molar-refractivity contribution in [3.8, 4) is 0 Å². The third kappa shape index (κ3) is 5.34. The zero-order chi connectivity index (χ0) is 14.4. The van der Waals surface area contributed by atoms with Crippen LogP contribution in [0.3, 0.4) is 0 Å². The van der Waals surface area contributed by atoms with Gasteiger partial charge in [0.2, 0.25) is 0 Å². The lowest BCUT2D eigenvalue weighted by atomic mass is 10.1. The number of hydrogen-bond acceptors (Lipinski definition) is 3. The van der Waals surface area contributed by atoms with Gasteiger partial charge in [-0.15, -0.1) is 0 Å². The third-order valence-corrected chi connectivity index (χ3v) is 4.62. The van der Waals surface area contributed by atoms with Gasteiger partial charge in [0, 0.05) is 18.1 Å². The van der Waals surface area contributed by atoms with Gasteiger partial charge in [-0.25, -0.2) is 0 Å². The first kappa shape index (κ1) is 16.3. The Morgan fingerprint density at radius 2 is 1.90 bits per heavy atom. The molecule has 2 fully saturated rings. The molecule has 1 saturated heterocycles. The van der Waals surface area contributed by atoms with Crippen molar-refractivity contribution in [2.75, 3.05) is 26.2 Å². The summed E-state index contributed by atoms with van der Waals surface area (Å²) in [4.78, 5) is 2.70. The largest absolute Gasteiger partial charge is 0.375 e. The van der Waals surface area contributed by atoms with E-state index in [4.69, 9.17) is 4.74 Å². The van der Waals surface area contributed by atoms with Gasteiger partial charge in [-0.3, -0.25) is 4.90 Å². The maximum Gasteiger partial charge on any atom is 0.0730 e. The molecule has 0 radical (unpaired) electrons. The molecule has 0 aromatic carbocycles. The Morgan fingerprint density at radius 1 is 1.10 bits per heavy atom. The van der Waals surface area contributed by atoms with Gasteiger partial charge in [0.15, 0.2) is 0 Å². The van der Waals surface area contributed by atoms with Gasteiger partial charge in [-0.1, -0.05) is 12.8 Å². The summed E-state index contributed by atoms with van der Waals surface area (Å²) in [6.45, 7) is 11.3. The minimum absolute atomic E-state index is 0.269. The maximum absolute atomic E-state index is 5.87. The summed E-state index contributed by atoms with van der Waals surface area (Å²) < 4.78 is 5.87. The maximum atomic E-state index is 5.87. The van der Waals surface area contributed by atoms with Crippen LogP contribution in [0.1, 0.15) is 65.7 Å². The first-order valence-electron chi connectivity index (χ1n) is 8.67. The summed E-state index contributed by atoms with van der Waals surface area (Å²) in [5.41, 5.74) is 0.269. The van der Waals surface area contributed by atoms with E-state index in [1.54, 1.807) is 0 Å². The van der Waals surface area contributed by atoms with Crippen molar-refractivity contribution in [2.24, 2.45) is 0 Å². The Kier molecular flexibility index (Phi) is 6.31. The van der Waals surface area contributed by atoms with Crippen LogP contribution in [0, 0.1) is 0 Å². The quantitative estimate of drug-likeness (QED) is 0.726. The highest BCUT2D eigenvalue weighted by atomic mass is 16.5. The standard InChI is InChI=1S/C17H34N2O/c1-17(2,3)18-11-6-4-5-7-12-19-13-14-20-16-10-8-9-15(16)19/h15-16,18H,4-14H2,1-3H3. The van der Waals surface area contributed by atoms with E-state index >= 15 is 0 Å². The average Bonchev–Trinajstić information content (AvgIpc) is 2.85. The molecular formula is C17H34N2O. The van der Waals surface area contributed by atoms with Crippen molar-refractivity contribution in [3.63, 3.8) is 0 Å². The first-order valence-corrected chi connectivity index (χ1v) is 8.67. The lowest BCUT2D eigenvalue weighted by molar-refractivity contribution is -0.0558. The van der Waals surface area contributed by atoms with Crippen molar-refractivity contribution < 1.29 is 4.74 Å². The molecule has 1 aliphatic carbocycles. The Bertz CT molecular complexity index is 275. The van der Waals surface area contributed by atoms with E-state index < -0.39 is 0 Å². The number of morpholine rings is 1. The van der Waals surface area contributed by atoms with E-state index in [0.29, 0.717) is 6.10 Å². The normalized spacial score (nSPS) is 27.8. The van der Waals surface area contributed by atoms with Gasteiger partial charge in [0.25, 0.3) is 0 Å². The Morgan fingerprint density at radius 3 is 2.70 bits per heavy atom. The molecule has 2 aliphatic rings. The van der Waals surface area contributed by atoms with Crippen molar-refractivity contribution in [1.29, 1.82) is 0 Å². The first-order chi connectivity index (χ1) is 9.56. The molecular weight excluding hydrogens is 248 g/mol. The molecule has 1 N–H and O–H groups in total. The monoisotopic (exact) mass is 282 g/mol. The zero-order valence-corrected chi connectivity index (χ0v) is 13.8. The van der Waals surface area contributed by atoms with Gasteiger partial charge >= 0.3 is 0 Å². The van der Waals surface area contributed by atoms with E-state index in [2.05, 4.69) is 31.0 Å². The van der Waals surface area contributed by atoms with Crippen LogP contribution in [-0.2, 0) is 4.74 Å². The van der Waals surface area contributed by atoms with Crippen LogP contribution in [0.25, 0.3) is 0 Å². The molecule has 2 rings (SSSR count). The molecule has 1 heterocycles. The third-order valence-electron chi connectivity index (χ3n) is 4.62. The molecule has 2 atom stereocenters. The number of rotatable bonds is 7. The molecule has 2 unspecified atom stereocenters. The molecule has 20 heavy (non-hydrogen) atoms. The number of hydrogen-bond donors (Lipinski definition) is 1. The van der Waals surface area contributed by atoms with Gasteiger partial charge in [-0.05, 0) is 66.0 Å². The van der Waals surface area contributed by atoms with Crippen molar-refractivity contribution in [3.05, 3.63) is 0 Å². The van der Waals surface area contributed by atoms with E-state index in [1.165, 1.54) is 51.5 Å². The van der Waals surface area contributed by atoms with E-state index in [1.807, 2.05) is 0 Å². The Labute approximate surface area is 125 Å². The fourth-order valence-corrected chi connectivity index (χ4v) is 3.54. The van der Waals surface area contributed by atoms with Crippen molar-refractivity contribution >= 4 is 0 Å². The average molecular weight is 282 g/mol. The van der Waals surface area contributed by atoms with Crippen molar-refractivity contribution in [2.45, 2.75) is 83.4 Å². The molecule has 1 saturated carbocycles. The Balaban J connectivity index is 1.50. The lowest BCUT2D eigenvalue weighted by Crippen LogP contribution is -2.48. The topological polar surface area (TPSA) is 24.5 Å². The van der Waals surface area contributed by atoms with E-state index in [0.717, 1.165) is 25.7 Å². The fraction of sp³-hybridized carbons (Fsp3) is 1.00. The van der Waals surface area contributed by atoms with Crippen LogP contribution in [0.2, 0.25) is 0 Å². The highest BCUT2D eigenvalue weighted by Crippen LogP contribution is 2.29. The molecule has 0 bridgehead atoms. The minimum atomic E-state index is 0.269. The second-order valence-corrected chi connectivity index (χ2v) is 7.53. The second-order valence-electron chi connectivity index (χ2n) is 7.53. The summed E-state index contributed by atoms with van der Waals surface area (Å²) in [5.74, 6) is 0. The molecule has 0 spiro atoms. The summed E-state index contributed by atoms with van der Waals surface area (Å²) in [6.07, 6.45) is 9.98. The molecule has 3 nitrogen and oxygen atoms in total. The van der Waals surface area contributed by atoms with Crippen molar-refractivity contribution in [1.82, 2.24) is 10.2 Å². The van der Waals surface area contributed by atoms with Crippen LogP contribution in [0.4, 0.5) is 0 Å². The van der Waals surface area contributed by atoms with Gasteiger partial charge in [0.1, 0.15) is 0 Å². The highest BCUT2D eigenvalue weighted by Gasteiger charge is 2.35. The summed E-state index contributed by atoms with van der Waals surface area (Å²) in [7, 11) is 0. The zero-order valence-electron chi connectivity index (χ0n) is 13.8. The number of nitrogens with one attached hydrogen (secondary N) is 1. The summed E-state index contributed by atoms with van der Waals surface area (Å²) >= 11 is 0. The van der Waals surface area contributed by atoms with Crippen LogP contribution < -0.4 is 5.32 Å².